The van der Waals surface area contributed by atoms with Gasteiger partial charge in [0.15, 0.2) is 0 Å². The van der Waals surface area contributed by atoms with Crippen LogP contribution < -0.4 is 4.74 Å². The van der Waals surface area contributed by atoms with Crippen molar-refractivity contribution in [2.75, 3.05) is 20.8 Å². The Morgan fingerprint density at radius 1 is 1.23 bits per heavy atom. The van der Waals surface area contributed by atoms with E-state index in [9.17, 15) is 9.59 Å². The molecular formula is C16H18N2O4. The van der Waals surface area contributed by atoms with E-state index in [0.717, 1.165) is 10.3 Å². The normalized spacial score (nSPS) is 10.3. The number of nitrogens with zero attached hydrogens (tertiary/aromatic N) is 2. The van der Waals surface area contributed by atoms with Gasteiger partial charge in [0.1, 0.15) is 11.4 Å². The molecule has 1 aromatic heterocycles. The molecular weight excluding hydrogens is 284 g/mol. The maximum absolute atomic E-state index is 12.6. The fraction of sp³-hybridized carbons (Fsp3) is 0.312. The summed E-state index contributed by atoms with van der Waals surface area (Å²) in [6.45, 7) is 2.14. The summed E-state index contributed by atoms with van der Waals surface area (Å²) < 4.78 is 9.98. The van der Waals surface area contributed by atoms with Crippen molar-refractivity contribution in [3.8, 4) is 5.75 Å². The van der Waals surface area contributed by atoms with E-state index in [1.807, 2.05) is 25.1 Å². The molecule has 0 N–H and O–H groups in total. The summed E-state index contributed by atoms with van der Waals surface area (Å²) in [5.74, 6) is 0.0352. The second-order valence-corrected chi connectivity index (χ2v) is 4.65. The number of carbonyl (C=O) groups is 2. The predicted octanol–water partition coefficient (Wildman–Crippen LogP) is 2.86. The number of carbonyl (C=O) groups excluding carboxylic acids is 2. The monoisotopic (exact) mass is 302 g/mol. The first-order chi connectivity index (χ1) is 10.6. The number of pyridine rings is 1. The number of methoxy groups -OCH3 is 2. The predicted molar refractivity (Wildman–Crippen MR) is 82.0 cm³/mol. The van der Waals surface area contributed by atoms with E-state index < -0.39 is 12.0 Å². The quantitative estimate of drug-likeness (QED) is 0.868. The third-order valence-corrected chi connectivity index (χ3v) is 3.20. The zero-order chi connectivity index (χ0) is 16.1. The van der Waals surface area contributed by atoms with E-state index >= 15 is 0 Å². The molecule has 0 aliphatic carbocycles. The lowest BCUT2D eigenvalue weighted by Gasteiger charge is -2.18. The minimum absolute atomic E-state index is 0.148. The Kier molecular flexibility index (Phi) is 4.93. The van der Waals surface area contributed by atoms with Gasteiger partial charge in [-0.3, -0.25) is 4.79 Å². The molecule has 116 valence electrons. The molecule has 0 saturated heterocycles. The maximum atomic E-state index is 12.6. The summed E-state index contributed by atoms with van der Waals surface area (Å²) in [6, 6.07) is 8.88. The lowest BCUT2D eigenvalue weighted by Crippen LogP contribution is -2.37. The summed E-state index contributed by atoms with van der Waals surface area (Å²) in [6.07, 6.45) is -0.0632. The lowest BCUT2D eigenvalue weighted by molar-refractivity contribution is 0.0701. The molecule has 0 aliphatic rings. The molecule has 0 radical (unpaired) electrons. The maximum Gasteiger partial charge on any atom is 0.416 e. The van der Waals surface area contributed by atoms with Crippen molar-refractivity contribution < 1.29 is 19.1 Å². The highest BCUT2D eigenvalue weighted by molar-refractivity contribution is 6.03. The van der Waals surface area contributed by atoms with Crippen LogP contribution in [0.25, 0.3) is 10.9 Å². The fourth-order valence-electron chi connectivity index (χ4n) is 2.17. The Labute approximate surface area is 128 Å². The first-order valence-electron chi connectivity index (χ1n) is 6.96. The smallest absolute Gasteiger partial charge is 0.416 e. The van der Waals surface area contributed by atoms with Gasteiger partial charge in [-0.05, 0) is 18.6 Å². The van der Waals surface area contributed by atoms with Crippen LogP contribution in [0.2, 0.25) is 0 Å². The molecule has 0 unspecified atom stereocenters. The van der Waals surface area contributed by atoms with Crippen molar-refractivity contribution >= 4 is 22.9 Å². The van der Waals surface area contributed by atoms with Gasteiger partial charge in [0.2, 0.25) is 0 Å². The molecule has 0 aliphatic heterocycles. The summed E-state index contributed by atoms with van der Waals surface area (Å²) in [4.78, 5) is 29.7. The fourth-order valence-corrected chi connectivity index (χ4v) is 2.17. The number of hydrogen-bond donors (Lipinski definition) is 0. The first kappa shape index (κ1) is 15.8. The Balaban J connectivity index is 2.48. The number of ether oxygens (including phenoxy) is 2. The van der Waals surface area contributed by atoms with Crippen LogP contribution in [-0.2, 0) is 4.74 Å². The van der Waals surface area contributed by atoms with Crippen molar-refractivity contribution in [2.45, 2.75) is 13.3 Å². The molecule has 1 aromatic carbocycles. The Hall–Kier alpha value is -2.63. The van der Waals surface area contributed by atoms with Crippen LogP contribution in [0.1, 0.15) is 23.8 Å². The van der Waals surface area contributed by atoms with Crippen LogP contribution in [-0.4, -0.2) is 42.6 Å². The van der Waals surface area contributed by atoms with Gasteiger partial charge in [-0.1, -0.05) is 19.1 Å². The van der Waals surface area contributed by atoms with E-state index in [-0.39, 0.29) is 12.2 Å². The average Bonchev–Trinajstić information content (AvgIpc) is 2.57. The molecule has 2 amide bonds. The zero-order valence-electron chi connectivity index (χ0n) is 12.8. The molecule has 6 heteroatoms. The molecule has 2 rings (SSSR count). The van der Waals surface area contributed by atoms with Crippen molar-refractivity contribution in [1.29, 1.82) is 0 Å². The zero-order valence-corrected chi connectivity index (χ0v) is 12.8. The van der Waals surface area contributed by atoms with Gasteiger partial charge < -0.3 is 9.47 Å². The van der Waals surface area contributed by atoms with Crippen molar-refractivity contribution in [2.24, 2.45) is 0 Å². The lowest BCUT2D eigenvalue weighted by atomic mass is 10.1. The molecule has 0 bridgehead atoms. The molecule has 2 aromatic rings. The second kappa shape index (κ2) is 6.89. The van der Waals surface area contributed by atoms with Crippen LogP contribution >= 0.6 is 0 Å². The van der Waals surface area contributed by atoms with E-state index in [0.29, 0.717) is 17.7 Å². The molecule has 0 atom stereocenters. The van der Waals surface area contributed by atoms with Gasteiger partial charge in [-0.2, -0.15) is 0 Å². The van der Waals surface area contributed by atoms with E-state index in [4.69, 9.17) is 4.74 Å². The summed E-state index contributed by atoms with van der Waals surface area (Å²) in [5, 5.41) is 0.807. The number of para-hydroxylation sites is 1. The standard InChI is InChI=1S/C16H18N2O4/c1-4-9-18(16(20)22-3)15(19)13-10-14(21-2)11-7-5-6-8-12(11)17-13/h5-8,10H,4,9H2,1-3H3. The number of amides is 2. The highest BCUT2D eigenvalue weighted by Gasteiger charge is 2.24. The van der Waals surface area contributed by atoms with Crippen LogP contribution in [0, 0.1) is 0 Å². The SMILES string of the molecule is CCCN(C(=O)OC)C(=O)c1cc(OC)c2ccccc2n1. The first-order valence-corrected chi connectivity index (χ1v) is 6.96. The minimum atomic E-state index is -0.694. The van der Waals surface area contributed by atoms with Gasteiger partial charge >= 0.3 is 6.09 Å². The van der Waals surface area contributed by atoms with Gasteiger partial charge in [-0.15, -0.1) is 0 Å². The summed E-state index contributed by atoms with van der Waals surface area (Å²) in [5.41, 5.74) is 0.779. The number of imide groups is 1. The summed E-state index contributed by atoms with van der Waals surface area (Å²) >= 11 is 0. The van der Waals surface area contributed by atoms with Gasteiger partial charge in [-0.25, -0.2) is 14.7 Å². The largest absolute Gasteiger partial charge is 0.496 e. The van der Waals surface area contributed by atoms with Crippen LogP contribution in [0.3, 0.4) is 0 Å². The van der Waals surface area contributed by atoms with E-state index in [2.05, 4.69) is 9.72 Å². The molecule has 6 nitrogen and oxygen atoms in total. The van der Waals surface area contributed by atoms with Gasteiger partial charge in [0, 0.05) is 18.0 Å². The van der Waals surface area contributed by atoms with Gasteiger partial charge in [0.05, 0.1) is 19.7 Å². The Morgan fingerprint density at radius 3 is 2.59 bits per heavy atom. The minimum Gasteiger partial charge on any atom is -0.496 e. The topological polar surface area (TPSA) is 68.7 Å². The third kappa shape index (κ3) is 3.00. The van der Waals surface area contributed by atoms with Gasteiger partial charge in [0.25, 0.3) is 5.91 Å². The molecule has 0 spiro atoms. The number of rotatable bonds is 4. The molecule has 22 heavy (non-hydrogen) atoms. The number of hydrogen-bond acceptors (Lipinski definition) is 5. The highest BCUT2D eigenvalue weighted by atomic mass is 16.5. The second-order valence-electron chi connectivity index (χ2n) is 4.65. The summed E-state index contributed by atoms with van der Waals surface area (Å²) in [7, 11) is 2.77. The van der Waals surface area contributed by atoms with Crippen LogP contribution in [0.15, 0.2) is 30.3 Å². The Bertz CT molecular complexity index is 700. The third-order valence-electron chi connectivity index (χ3n) is 3.20. The molecule has 0 fully saturated rings. The highest BCUT2D eigenvalue weighted by Crippen LogP contribution is 2.25. The number of aromatic nitrogens is 1. The van der Waals surface area contributed by atoms with Crippen LogP contribution in [0.5, 0.6) is 5.75 Å². The van der Waals surface area contributed by atoms with Crippen LogP contribution in [0.4, 0.5) is 4.79 Å². The number of benzene rings is 1. The van der Waals surface area contributed by atoms with E-state index in [1.54, 1.807) is 6.07 Å². The molecule has 1 heterocycles. The Morgan fingerprint density at radius 2 is 1.95 bits per heavy atom. The van der Waals surface area contributed by atoms with E-state index in [1.165, 1.54) is 20.3 Å². The molecule has 0 saturated carbocycles. The van der Waals surface area contributed by atoms with Crippen molar-refractivity contribution in [3.05, 3.63) is 36.0 Å². The number of fused-ring (bicyclic) bond motifs is 1. The van der Waals surface area contributed by atoms with Crippen molar-refractivity contribution in [3.63, 3.8) is 0 Å². The average molecular weight is 302 g/mol. The van der Waals surface area contributed by atoms with Crippen molar-refractivity contribution in [1.82, 2.24) is 9.88 Å².